The Kier molecular flexibility index (Phi) is 5.96. The highest BCUT2D eigenvalue weighted by atomic mass is 35.5. The molecular formula is C17H20ClN3O2. The first-order valence-corrected chi connectivity index (χ1v) is 7.73. The van der Waals surface area contributed by atoms with Crippen LogP contribution in [0.4, 0.5) is 0 Å². The molecule has 0 atom stereocenters. The molecule has 0 aliphatic heterocycles. The molecule has 122 valence electrons. The van der Waals surface area contributed by atoms with Crippen molar-refractivity contribution in [2.24, 2.45) is 10.9 Å². The normalized spacial score (nSPS) is 11.7. The summed E-state index contributed by atoms with van der Waals surface area (Å²) in [4.78, 5) is 8.77. The molecule has 23 heavy (non-hydrogen) atoms. The number of hydrogen-bond acceptors (Lipinski definition) is 4. The number of pyridine rings is 1. The maximum absolute atomic E-state index is 9.41. The van der Waals surface area contributed by atoms with Crippen molar-refractivity contribution in [3.05, 3.63) is 52.7 Å². The van der Waals surface area contributed by atoms with Gasteiger partial charge in [0.2, 0.25) is 5.88 Å². The highest BCUT2D eigenvalue weighted by molar-refractivity contribution is 6.30. The van der Waals surface area contributed by atoms with Gasteiger partial charge >= 0.3 is 0 Å². The minimum Gasteiger partial charge on any atom is -0.438 e. The van der Waals surface area contributed by atoms with E-state index in [9.17, 15) is 5.21 Å². The first kappa shape index (κ1) is 17.2. The van der Waals surface area contributed by atoms with Crippen molar-refractivity contribution in [1.29, 1.82) is 0 Å². The zero-order valence-electron chi connectivity index (χ0n) is 13.4. The van der Waals surface area contributed by atoms with Crippen molar-refractivity contribution in [2.45, 2.75) is 20.8 Å². The SMILES string of the molecule is Cc1ccc(C(=NCC(C)C)NO)c(Oc2ccc(Cl)cc2)n1. The van der Waals surface area contributed by atoms with Crippen LogP contribution in [0.5, 0.6) is 11.6 Å². The quantitative estimate of drug-likeness (QED) is 0.488. The minimum atomic E-state index is 0.329. The second-order valence-electron chi connectivity index (χ2n) is 5.56. The first-order valence-electron chi connectivity index (χ1n) is 7.35. The van der Waals surface area contributed by atoms with Gasteiger partial charge in [0, 0.05) is 17.3 Å². The van der Waals surface area contributed by atoms with E-state index in [1.54, 1.807) is 24.3 Å². The number of halogens is 1. The number of hydroxylamine groups is 1. The Bertz CT molecular complexity index is 685. The minimum absolute atomic E-state index is 0.329. The van der Waals surface area contributed by atoms with Gasteiger partial charge in [-0.3, -0.25) is 15.7 Å². The van der Waals surface area contributed by atoms with Crippen LogP contribution in [0.2, 0.25) is 5.02 Å². The maximum atomic E-state index is 9.41. The van der Waals surface area contributed by atoms with Crippen molar-refractivity contribution in [2.75, 3.05) is 6.54 Å². The van der Waals surface area contributed by atoms with E-state index < -0.39 is 0 Å². The fraction of sp³-hybridized carbons (Fsp3) is 0.294. The van der Waals surface area contributed by atoms with Crippen molar-refractivity contribution in [1.82, 2.24) is 10.5 Å². The number of benzene rings is 1. The number of amidine groups is 1. The Morgan fingerprint density at radius 1 is 1.26 bits per heavy atom. The molecule has 0 amide bonds. The van der Waals surface area contributed by atoms with Gasteiger partial charge in [-0.15, -0.1) is 0 Å². The zero-order chi connectivity index (χ0) is 16.8. The van der Waals surface area contributed by atoms with Gasteiger partial charge in [0.1, 0.15) is 5.75 Å². The standard InChI is InChI=1S/C17H20ClN3O2/c1-11(2)10-19-16(21-22)15-9-4-12(3)20-17(15)23-14-7-5-13(18)6-8-14/h4-9,11,22H,10H2,1-3H3,(H,19,21). The summed E-state index contributed by atoms with van der Waals surface area (Å²) in [5.74, 6) is 1.68. The third kappa shape index (κ3) is 4.94. The molecule has 0 saturated heterocycles. The number of aromatic nitrogens is 1. The molecule has 2 rings (SSSR count). The van der Waals surface area contributed by atoms with Gasteiger partial charge in [0.25, 0.3) is 0 Å². The predicted molar refractivity (Wildman–Crippen MR) is 91.7 cm³/mol. The van der Waals surface area contributed by atoms with Crippen LogP contribution in [-0.4, -0.2) is 22.6 Å². The summed E-state index contributed by atoms with van der Waals surface area (Å²) < 4.78 is 5.83. The topological polar surface area (TPSA) is 66.7 Å². The maximum Gasteiger partial charge on any atom is 0.230 e. The molecule has 2 aromatic rings. The second-order valence-corrected chi connectivity index (χ2v) is 5.99. The largest absolute Gasteiger partial charge is 0.438 e. The Labute approximate surface area is 141 Å². The van der Waals surface area contributed by atoms with Crippen LogP contribution < -0.4 is 10.2 Å². The highest BCUT2D eigenvalue weighted by Crippen LogP contribution is 2.25. The molecule has 1 heterocycles. The van der Waals surface area contributed by atoms with E-state index in [4.69, 9.17) is 16.3 Å². The van der Waals surface area contributed by atoms with E-state index >= 15 is 0 Å². The van der Waals surface area contributed by atoms with Crippen LogP contribution >= 0.6 is 11.6 Å². The van der Waals surface area contributed by atoms with Crippen LogP contribution in [0.15, 0.2) is 41.4 Å². The molecule has 0 spiro atoms. The van der Waals surface area contributed by atoms with E-state index in [0.29, 0.717) is 40.5 Å². The van der Waals surface area contributed by atoms with Crippen LogP contribution in [0, 0.1) is 12.8 Å². The third-order valence-electron chi connectivity index (χ3n) is 3.00. The fourth-order valence-corrected chi connectivity index (χ4v) is 1.99. The van der Waals surface area contributed by atoms with E-state index in [-0.39, 0.29) is 0 Å². The highest BCUT2D eigenvalue weighted by Gasteiger charge is 2.13. The lowest BCUT2D eigenvalue weighted by Crippen LogP contribution is -2.22. The number of rotatable bonds is 5. The Balaban J connectivity index is 2.36. The lowest BCUT2D eigenvalue weighted by molar-refractivity contribution is 0.234. The van der Waals surface area contributed by atoms with E-state index in [1.165, 1.54) is 0 Å². The van der Waals surface area contributed by atoms with Gasteiger partial charge in [0.15, 0.2) is 5.84 Å². The van der Waals surface area contributed by atoms with Crippen LogP contribution in [0.1, 0.15) is 25.1 Å². The monoisotopic (exact) mass is 333 g/mol. The average molecular weight is 334 g/mol. The average Bonchev–Trinajstić information content (AvgIpc) is 2.51. The summed E-state index contributed by atoms with van der Waals surface area (Å²) in [6.45, 7) is 6.56. The van der Waals surface area contributed by atoms with Crippen LogP contribution in [0.25, 0.3) is 0 Å². The molecule has 2 N–H and O–H groups in total. The van der Waals surface area contributed by atoms with Gasteiger partial charge in [-0.2, -0.15) is 0 Å². The summed E-state index contributed by atoms with van der Waals surface area (Å²) in [6, 6.07) is 10.7. The molecule has 1 aromatic carbocycles. The lowest BCUT2D eigenvalue weighted by atomic mass is 10.2. The fourth-order valence-electron chi connectivity index (χ4n) is 1.86. The van der Waals surface area contributed by atoms with Crippen molar-refractivity contribution in [3.63, 3.8) is 0 Å². The number of nitrogens with zero attached hydrogens (tertiary/aromatic N) is 2. The molecule has 1 aromatic heterocycles. The third-order valence-corrected chi connectivity index (χ3v) is 3.26. The summed E-state index contributed by atoms with van der Waals surface area (Å²) in [7, 11) is 0. The molecule has 0 radical (unpaired) electrons. The van der Waals surface area contributed by atoms with Crippen molar-refractivity contribution < 1.29 is 9.94 Å². The molecule has 0 unspecified atom stereocenters. The van der Waals surface area contributed by atoms with Gasteiger partial charge in [-0.25, -0.2) is 4.98 Å². The lowest BCUT2D eigenvalue weighted by Gasteiger charge is -2.13. The second kappa shape index (κ2) is 7.94. The van der Waals surface area contributed by atoms with Crippen LogP contribution in [-0.2, 0) is 0 Å². The van der Waals surface area contributed by atoms with E-state index in [1.807, 2.05) is 19.1 Å². The summed E-state index contributed by atoms with van der Waals surface area (Å²) >= 11 is 5.88. The van der Waals surface area contributed by atoms with Gasteiger partial charge < -0.3 is 4.74 Å². The molecule has 0 bridgehead atoms. The Morgan fingerprint density at radius 2 is 1.96 bits per heavy atom. The number of aliphatic imine (C=N–C) groups is 1. The Morgan fingerprint density at radius 3 is 2.57 bits per heavy atom. The van der Waals surface area contributed by atoms with E-state index in [0.717, 1.165) is 5.69 Å². The summed E-state index contributed by atoms with van der Waals surface area (Å²) in [5.41, 5.74) is 3.53. The van der Waals surface area contributed by atoms with Crippen molar-refractivity contribution in [3.8, 4) is 11.6 Å². The summed E-state index contributed by atoms with van der Waals surface area (Å²) in [5, 5.41) is 10.0. The molecule has 0 fully saturated rings. The molecule has 0 aliphatic carbocycles. The van der Waals surface area contributed by atoms with Crippen molar-refractivity contribution >= 4 is 17.4 Å². The molecular weight excluding hydrogens is 314 g/mol. The zero-order valence-corrected chi connectivity index (χ0v) is 14.1. The number of ether oxygens (including phenoxy) is 1. The summed E-state index contributed by atoms with van der Waals surface area (Å²) in [6.07, 6.45) is 0. The van der Waals surface area contributed by atoms with Gasteiger partial charge in [-0.1, -0.05) is 25.4 Å². The Hall–Kier alpha value is -2.11. The van der Waals surface area contributed by atoms with Gasteiger partial charge in [-0.05, 0) is 49.2 Å². The molecule has 6 heteroatoms. The molecule has 0 saturated carbocycles. The smallest absolute Gasteiger partial charge is 0.230 e. The molecule has 5 nitrogen and oxygen atoms in total. The molecule has 0 aliphatic rings. The number of nitrogens with one attached hydrogen (secondary N) is 1. The number of hydrogen-bond donors (Lipinski definition) is 2. The first-order chi connectivity index (χ1) is 11.0. The number of aryl methyl sites for hydroxylation is 1. The van der Waals surface area contributed by atoms with Crippen LogP contribution in [0.3, 0.4) is 0 Å². The predicted octanol–water partition coefficient (Wildman–Crippen LogP) is 4.22. The van der Waals surface area contributed by atoms with E-state index in [2.05, 4.69) is 29.3 Å². The van der Waals surface area contributed by atoms with Gasteiger partial charge in [0.05, 0.1) is 5.56 Å².